The molecule has 1 unspecified atom stereocenters. The Kier molecular flexibility index (Phi) is 2.76. The van der Waals surface area contributed by atoms with Crippen LogP contribution in [-0.4, -0.2) is 11.0 Å². The first-order valence-corrected chi connectivity index (χ1v) is 7.36. The topological polar surface area (TPSA) is 39.2 Å². The summed E-state index contributed by atoms with van der Waals surface area (Å²) in [7, 11) is 0. The van der Waals surface area contributed by atoms with E-state index < -0.39 is 0 Å². The first-order chi connectivity index (χ1) is 10.6. The number of aryl methyl sites for hydroxylation is 1. The van der Waals surface area contributed by atoms with Gasteiger partial charge >= 0.3 is 5.97 Å². The Morgan fingerprint density at radius 2 is 1.86 bits per heavy atom. The molecule has 0 saturated heterocycles. The third-order valence-corrected chi connectivity index (χ3v) is 4.12. The van der Waals surface area contributed by atoms with Crippen LogP contribution in [0.15, 0.2) is 48.5 Å². The Balaban J connectivity index is 2.18. The van der Waals surface area contributed by atoms with Crippen LogP contribution in [0, 0.1) is 6.92 Å². The van der Waals surface area contributed by atoms with Crippen molar-refractivity contribution < 1.29 is 9.53 Å². The number of aromatic nitrogens is 1. The molecule has 108 valence electrons. The zero-order valence-corrected chi connectivity index (χ0v) is 12.5. The van der Waals surface area contributed by atoms with Crippen molar-refractivity contribution in [3.63, 3.8) is 0 Å². The molecule has 0 saturated carbocycles. The molecule has 1 aliphatic rings. The van der Waals surface area contributed by atoms with E-state index in [2.05, 4.69) is 30.1 Å². The number of nitrogens with zero attached hydrogens (tertiary/aromatic N) is 1. The normalized spacial score (nSPS) is 16.6. The van der Waals surface area contributed by atoms with Crippen molar-refractivity contribution in [2.24, 2.45) is 0 Å². The van der Waals surface area contributed by atoms with Crippen molar-refractivity contribution in [1.29, 1.82) is 0 Å². The average molecular weight is 289 g/mol. The second-order valence-electron chi connectivity index (χ2n) is 5.68. The van der Waals surface area contributed by atoms with Crippen molar-refractivity contribution in [1.82, 2.24) is 4.98 Å². The van der Waals surface area contributed by atoms with Gasteiger partial charge in [-0.05, 0) is 31.5 Å². The maximum atomic E-state index is 12.1. The quantitative estimate of drug-likeness (QED) is 0.622. The van der Waals surface area contributed by atoms with E-state index in [9.17, 15) is 4.79 Å². The van der Waals surface area contributed by atoms with Crippen LogP contribution < -0.4 is 0 Å². The highest BCUT2D eigenvalue weighted by Crippen LogP contribution is 2.41. The monoisotopic (exact) mass is 289 g/mol. The lowest BCUT2D eigenvalue weighted by atomic mass is 9.92. The Labute approximate surface area is 128 Å². The molecule has 0 aliphatic carbocycles. The fourth-order valence-corrected chi connectivity index (χ4v) is 3.13. The molecule has 22 heavy (non-hydrogen) atoms. The van der Waals surface area contributed by atoms with Gasteiger partial charge in [0.1, 0.15) is 6.10 Å². The van der Waals surface area contributed by atoms with Gasteiger partial charge in [-0.25, -0.2) is 9.78 Å². The Morgan fingerprint density at radius 1 is 1.09 bits per heavy atom. The minimum Gasteiger partial charge on any atom is -0.453 e. The molecule has 0 amide bonds. The maximum absolute atomic E-state index is 12.1. The molecule has 2 heterocycles. The van der Waals surface area contributed by atoms with Gasteiger partial charge in [0.2, 0.25) is 0 Å². The average Bonchev–Trinajstić information content (AvgIpc) is 2.80. The van der Waals surface area contributed by atoms with Crippen molar-refractivity contribution in [3.8, 4) is 11.1 Å². The van der Waals surface area contributed by atoms with E-state index in [4.69, 9.17) is 4.74 Å². The smallest absolute Gasteiger partial charge is 0.358 e. The number of pyridine rings is 1. The van der Waals surface area contributed by atoms with Crippen LogP contribution in [0.2, 0.25) is 0 Å². The molecule has 4 rings (SSSR count). The lowest BCUT2D eigenvalue weighted by molar-refractivity contribution is 0.0419. The van der Waals surface area contributed by atoms with Crippen molar-refractivity contribution >= 4 is 16.9 Å². The third kappa shape index (κ3) is 1.82. The predicted octanol–water partition coefficient (Wildman–Crippen LogP) is 4.44. The van der Waals surface area contributed by atoms with Gasteiger partial charge in [-0.3, -0.25) is 0 Å². The summed E-state index contributed by atoms with van der Waals surface area (Å²) in [6.45, 7) is 3.96. The fraction of sp³-hybridized carbons (Fsp3) is 0.158. The number of esters is 1. The largest absolute Gasteiger partial charge is 0.453 e. The summed E-state index contributed by atoms with van der Waals surface area (Å²) in [5.41, 5.74) is 5.49. The van der Waals surface area contributed by atoms with Gasteiger partial charge in [-0.1, -0.05) is 42.0 Å². The Hall–Kier alpha value is -2.68. The summed E-state index contributed by atoms with van der Waals surface area (Å²) in [4.78, 5) is 16.6. The summed E-state index contributed by atoms with van der Waals surface area (Å²) >= 11 is 0. The molecule has 3 aromatic rings. The Bertz CT molecular complexity index is 900. The van der Waals surface area contributed by atoms with E-state index in [1.165, 1.54) is 5.56 Å². The second kappa shape index (κ2) is 4.67. The van der Waals surface area contributed by atoms with Gasteiger partial charge in [-0.2, -0.15) is 0 Å². The standard InChI is InChI=1S/C19H15NO2/c1-11-8-9-15-14(10-11)17(13-6-4-3-5-7-13)16-12(2)22-19(21)18(16)20-15/h3-10,12H,1-2H3. The van der Waals surface area contributed by atoms with E-state index in [-0.39, 0.29) is 12.1 Å². The Morgan fingerprint density at radius 3 is 2.64 bits per heavy atom. The van der Waals surface area contributed by atoms with Gasteiger partial charge in [0.15, 0.2) is 5.69 Å². The number of rotatable bonds is 1. The SMILES string of the molecule is Cc1ccc2nc3c(c(-c4ccccc4)c2c1)C(C)OC3=O. The van der Waals surface area contributed by atoms with Crippen LogP contribution in [0.25, 0.3) is 22.0 Å². The molecule has 3 heteroatoms. The minimum atomic E-state index is -0.331. The van der Waals surface area contributed by atoms with Gasteiger partial charge in [0.05, 0.1) is 5.52 Å². The summed E-state index contributed by atoms with van der Waals surface area (Å²) in [6.07, 6.45) is -0.268. The zero-order chi connectivity index (χ0) is 15.3. The van der Waals surface area contributed by atoms with Crippen molar-refractivity contribution in [2.75, 3.05) is 0 Å². The molecule has 1 aromatic heterocycles. The summed E-state index contributed by atoms with van der Waals surface area (Å²) in [5.74, 6) is -0.331. The van der Waals surface area contributed by atoms with Gasteiger partial charge < -0.3 is 4.74 Å². The van der Waals surface area contributed by atoms with Crippen LogP contribution in [0.4, 0.5) is 0 Å². The number of benzene rings is 2. The number of hydrogen-bond donors (Lipinski definition) is 0. The lowest BCUT2D eigenvalue weighted by Gasteiger charge is -2.14. The molecule has 0 radical (unpaired) electrons. The van der Waals surface area contributed by atoms with Crippen LogP contribution in [0.5, 0.6) is 0 Å². The summed E-state index contributed by atoms with van der Waals surface area (Å²) < 4.78 is 5.39. The number of carbonyl (C=O) groups excluding carboxylic acids is 1. The van der Waals surface area contributed by atoms with E-state index >= 15 is 0 Å². The molecular weight excluding hydrogens is 274 g/mol. The van der Waals surface area contributed by atoms with E-state index in [1.54, 1.807) is 0 Å². The van der Waals surface area contributed by atoms with Crippen LogP contribution in [0.3, 0.4) is 0 Å². The van der Waals surface area contributed by atoms with Crippen LogP contribution in [0.1, 0.15) is 34.6 Å². The highest BCUT2D eigenvalue weighted by atomic mass is 16.5. The number of hydrogen-bond acceptors (Lipinski definition) is 3. The van der Waals surface area contributed by atoms with Crippen LogP contribution >= 0.6 is 0 Å². The minimum absolute atomic E-state index is 0.268. The van der Waals surface area contributed by atoms with Gasteiger partial charge in [-0.15, -0.1) is 0 Å². The molecule has 0 bridgehead atoms. The molecule has 1 atom stereocenters. The second-order valence-corrected chi connectivity index (χ2v) is 5.68. The molecule has 0 fully saturated rings. The fourth-order valence-electron chi connectivity index (χ4n) is 3.13. The summed E-state index contributed by atoms with van der Waals surface area (Å²) in [6, 6.07) is 16.2. The molecular formula is C19H15NO2. The highest BCUT2D eigenvalue weighted by molar-refractivity contribution is 6.04. The van der Waals surface area contributed by atoms with Crippen molar-refractivity contribution in [2.45, 2.75) is 20.0 Å². The first-order valence-electron chi connectivity index (χ1n) is 7.36. The maximum Gasteiger partial charge on any atom is 0.358 e. The first kappa shape index (κ1) is 13.0. The van der Waals surface area contributed by atoms with E-state index in [1.807, 2.05) is 37.3 Å². The molecule has 0 N–H and O–H groups in total. The number of cyclic esters (lactones) is 1. The van der Waals surface area contributed by atoms with E-state index in [0.29, 0.717) is 5.69 Å². The molecule has 0 spiro atoms. The van der Waals surface area contributed by atoms with Crippen LogP contribution in [-0.2, 0) is 4.74 Å². The number of carbonyl (C=O) groups is 1. The molecule has 2 aromatic carbocycles. The lowest BCUT2D eigenvalue weighted by Crippen LogP contribution is -2.00. The molecule has 1 aliphatic heterocycles. The number of fused-ring (bicyclic) bond motifs is 2. The summed E-state index contributed by atoms with van der Waals surface area (Å²) in [5, 5.41) is 1.06. The third-order valence-electron chi connectivity index (χ3n) is 4.12. The highest BCUT2D eigenvalue weighted by Gasteiger charge is 2.33. The predicted molar refractivity (Wildman–Crippen MR) is 85.7 cm³/mol. The molecule has 3 nitrogen and oxygen atoms in total. The van der Waals surface area contributed by atoms with Gasteiger partial charge in [0, 0.05) is 16.5 Å². The van der Waals surface area contributed by atoms with Crippen molar-refractivity contribution in [3.05, 3.63) is 65.4 Å². The number of ether oxygens (including phenoxy) is 1. The van der Waals surface area contributed by atoms with E-state index in [0.717, 1.165) is 27.6 Å². The zero-order valence-electron chi connectivity index (χ0n) is 12.5. The van der Waals surface area contributed by atoms with Gasteiger partial charge in [0.25, 0.3) is 0 Å².